The van der Waals surface area contributed by atoms with Gasteiger partial charge in [-0.15, -0.1) is 0 Å². The maximum absolute atomic E-state index is 12.5. The molecule has 0 aliphatic rings. The minimum atomic E-state index is -3.94. The molecule has 0 spiro atoms. The van der Waals surface area contributed by atoms with Gasteiger partial charge in [-0.3, -0.25) is 10.2 Å². The Hall–Kier alpha value is -2.72. The minimum Gasteiger partial charge on any atom is -0.360 e. The lowest BCUT2D eigenvalue weighted by molar-refractivity contribution is -0.118. The van der Waals surface area contributed by atoms with Crippen molar-refractivity contribution in [2.75, 3.05) is 5.43 Å². The fourth-order valence-corrected chi connectivity index (χ4v) is 4.00. The normalized spacial score (nSPS) is 13.1. The van der Waals surface area contributed by atoms with Crippen LogP contribution in [0, 0.1) is 13.8 Å². The summed E-state index contributed by atoms with van der Waals surface area (Å²) in [5, 5.41) is 3.62. The summed E-state index contributed by atoms with van der Waals surface area (Å²) in [5.74, 6) is -0.364. The molecule has 0 saturated carbocycles. The van der Waals surface area contributed by atoms with Crippen LogP contribution < -0.4 is 10.1 Å². The van der Waals surface area contributed by atoms with Crippen molar-refractivity contribution in [2.24, 2.45) is 0 Å². The monoisotopic (exact) mass is 363 g/mol. The molecule has 9 nitrogen and oxygen atoms in total. The maximum atomic E-state index is 12.5. The van der Waals surface area contributed by atoms with Crippen molar-refractivity contribution in [3.8, 4) is 0 Å². The second kappa shape index (κ2) is 6.30. The number of carbonyl (C=O) groups is 1. The van der Waals surface area contributed by atoms with Crippen LogP contribution in [0.2, 0.25) is 0 Å². The van der Waals surface area contributed by atoms with Gasteiger partial charge >= 0.3 is 0 Å². The number of hydrogen-bond acceptors (Lipinski definition) is 6. The van der Waals surface area contributed by atoms with Crippen LogP contribution in [0.3, 0.4) is 0 Å². The van der Waals surface area contributed by atoms with Gasteiger partial charge in [0, 0.05) is 0 Å². The molecule has 1 aromatic carbocycles. The summed E-state index contributed by atoms with van der Waals surface area (Å²) in [6.07, 6.45) is 1.46. The average Bonchev–Trinajstić information content (AvgIpc) is 3.11. The molecule has 3 aromatic rings. The molecular weight excluding hydrogens is 346 g/mol. The fraction of sp³-hybridized carbons (Fsp3) is 0.267. The maximum Gasteiger partial charge on any atom is 0.256 e. The van der Waals surface area contributed by atoms with Crippen molar-refractivity contribution in [1.29, 1.82) is 0 Å². The summed E-state index contributed by atoms with van der Waals surface area (Å²) >= 11 is 0. The van der Waals surface area contributed by atoms with E-state index < -0.39 is 22.0 Å². The lowest BCUT2D eigenvalue weighted by atomic mass is 10.3. The highest BCUT2D eigenvalue weighted by Gasteiger charge is 2.28. The van der Waals surface area contributed by atoms with Crippen molar-refractivity contribution in [1.82, 2.24) is 19.5 Å². The van der Waals surface area contributed by atoms with Crippen LogP contribution >= 0.6 is 0 Å². The van der Waals surface area contributed by atoms with E-state index in [1.54, 1.807) is 6.07 Å². The third-order valence-electron chi connectivity index (χ3n) is 3.65. The lowest BCUT2D eigenvalue weighted by Crippen LogP contribution is -2.43. The van der Waals surface area contributed by atoms with Crippen molar-refractivity contribution >= 4 is 27.0 Å². The van der Waals surface area contributed by atoms with Crippen LogP contribution in [0.4, 0.5) is 0 Å². The lowest BCUT2D eigenvalue weighted by Gasteiger charge is -2.15. The number of aromatic nitrogens is 3. The van der Waals surface area contributed by atoms with Gasteiger partial charge in [-0.25, -0.2) is 18.1 Å². The van der Waals surface area contributed by atoms with E-state index in [1.165, 1.54) is 31.8 Å². The first-order chi connectivity index (χ1) is 11.8. The molecule has 2 heterocycles. The predicted octanol–water partition coefficient (Wildman–Crippen LogP) is 1.08. The molecule has 0 aliphatic heterocycles. The Bertz CT molecular complexity index is 1020. The van der Waals surface area contributed by atoms with Crippen LogP contribution in [0.1, 0.15) is 18.4 Å². The van der Waals surface area contributed by atoms with Gasteiger partial charge in [-0.05, 0) is 32.9 Å². The van der Waals surface area contributed by atoms with Crippen LogP contribution in [-0.2, 0) is 14.8 Å². The molecule has 1 amide bonds. The Kier molecular flexibility index (Phi) is 4.31. The van der Waals surface area contributed by atoms with Crippen LogP contribution in [0.25, 0.3) is 11.0 Å². The van der Waals surface area contributed by atoms with Gasteiger partial charge in [-0.2, -0.15) is 4.72 Å². The first-order valence-corrected chi connectivity index (χ1v) is 8.96. The third-order valence-corrected chi connectivity index (χ3v) is 5.43. The Balaban J connectivity index is 1.77. The summed E-state index contributed by atoms with van der Waals surface area (Å²) in [6.45, 7) is 4.47. The molecule has 0 bridgehead atoms. The number of hydrogen-bond donors (Lipinski definition) is 2. The zero-order chi connectivity index (χ0) is 18.2. The van der Waals surface area contributed by atoms with Crippen molar-refractivity contribution in [3.63, 3.8) is 0 Å². The molecule has 25 heavy (non-hydrogen) atoms. The van der Waals surface area contributed by atoms with E-state index in [0.717, 1.165) is 0 Å². The molecule has 1 atom stereocenters. The second-order valence-corrected chi connectivity index (χ2v) is 7.23. The predicted molar refractivity (Wildman–Crippen MR) is 89.9 cm³/mol. The van der Waals surface area contributed by atoms with Gasteiger partial charge in [0.1, 0.15) is 16.9 Å². The highest BCUT2D eigenvalue weighted by atomic mass is 32.2. The Labute approximate surface area is 144 Å². The van der Waals surface area contributed by atoms with E-state index in [9.17, 15) is 13.2 Å². The highest BCUT2D eigenvalue weighted by molar-refractivity contribution is 7.89. The first-order valence-electron chi connectivity index (χ1n) is 7.48. The number of nitrogens with zero attached hydrogens (tertiary/aromatic N) is 3. The number of rotatable bonds is 5. The number of amides is 1. The zero-order valence-corrected chi connectivity index (χ0v) is 14.7. The Morgan fingerprint density at radius 2 is 2.00 bits per heavy atom. The number of fused-ring (bicyclic) bond motifs is 1. The number of sulfonamides is 1. The van der Waals surface area contributed by atoms with Gasteiger partial charge in [0.15, 0.2) is 5.76 Å². The fourth-order valence-electron chi connectivity index (χ4n) is 2.47. The quantitative estimate of drug-likeness (QED) is 0.700. The number of aryl methyl sites for hydroxylation is 2. The van der Waals surface area contributed by atoms with Crippen LogP contribution in [0.15, 0.2) is 40.0 Å². The summed E-state index contributed by atoms with van der Waals surface area (Å²) in [4.78, 5) is 16.4. The molecule has 0 fully saturated rings. The van der Waals surface area contributed by atoms with E-state index in [2.05, 4.69) is 20.3 Å². The molecule has 0 radical (unpaired) electrons. The molecule has 3 rings (SSSR count). The summed E-state index contributed by atoms with van der Waals surface area (Å²) < 4.78 is 33.6. The number of nitrogens with one attached hydrogen (secondary N) is 2. The summed E-state index contributed by atoms with van der Waals surface area (Å²) in [5.41, 5.74) is 4.27. The Morgan fingerprint density at radius 1 is 1.28 bits per heavy atom. The van der Waals surface area contributed by atoms with Crippen LogP contribution in [-0.4, -0.2) is 35.2 Å². The SMILES string of the molecule is Cc1noc(C)c1S(=O)(=O)N[C@@H](C)C(=O)Nn1cnc2ccccc21. The summed E-state index contributed by atoms with van der Waals surface area (Å²) in [7, 11) is -3.94. The van der Waals surface area contributed by atoms with E-state index in [-0.39, 0.29) is 16.3 Å². The molecular formula is C15H17N5O4S. The molecule has 2 N–H and O–H groups in total. The van der Waals surface area contributed by atoms with Gasteiger partial charge in [0.05, 0.1) is 17.1 Å². The molecule has 132 valence electrons. The standard InChI is InChI=1S/C15H17N5O4S/c1-9-14(11(3)24-18-9)25(22,23)19-10(2)15(21)17-20-8-16-12-6-4-5-7-13(12)20/h4-8,10,19H,1-3H3,(H,17,21)/t10-/m0/s1. The minimum absolute atomic E-state index is 0.0553. The van der Waals surface area contributed by atoms with Gasteiger partial charge < -0.3 is 4.52 Å². The number of imidazole rings is 1. The van der Waals surface area contributed by atoms with Crippen molar-refractivity contribution in [2.45, 2.75) is 31.7 Å². The topological polar surface area (TPSA) is 119 Å². The van der Waals surface area contributed by atoms with Crippen molar-refractivity contribution in [3.05, 3.63) is 42.0 Å². The van der Waals surface area contributed by atoms with Gasteiger partial charge in [-0.1, -0.05) is 17.3 Å². The van der Waals surface area contributed by atoms with E-state index in [1.807, 2.05) is 18.2 Å². The number of carbonyl (C=O) groups excluding carboxylic acids is 1. The largest absolute Gasteiger partial charge is 0.360 e. The van der Waals surface area contributed by atoms with Gasteiger partial charge in [0.25, 0.3) is 5.91 Å². The first kappa shape index (κ1) is 17.1. The number of benzene rings is 1. The molecule has 0 saturated heterocycles. The molecule has 0 unspecified atom stereocenters. The second-order valence-electron chi connectivity index (χ2n) is 5.58. The number of para-hydroxylation sites is 2. The zero-order valence-electron chi connectivity index (χ0n) is 13.8. The summed E-state index contributed by atoms with van der Waals surface area (Å²) in [6, 6.07) is 6.24. The molecule has 0 aliphatic carbocycles. The smallest absolute Gasteiger partial charge is 0.256 e. The molecule has 2 aromatic heterocycles. The average molecular weight is 363 g/mol. The Morgan fingerprint density at radius 3 is 2.68 bits per heavy atom. The third kappa shape index (κ3) is 3.26. The highest BCUT2D eigenvalue weighted by Crippen LogP contribution is 2.19. The van der Waals surface area contributed by atoms with Gasteiger partial charge in [0.2, 0.25) is 10.0 Å². The van der Waals surface area contributed by atoms with Crippen LogP contribution in [0.5, 0.6) is 0 Å². The van der Waals surface area contributed by atoms with E-state index >= 15 is 0 Å². The van der Waals surface area contributed by atoms with E-state index in [0.29, 0.717) is 11.0 Å². The van der Waals surface area contributed by atoms with E-state index in [4.69, 9.17) is 4.52 Å². The van der Waals surface area contributed by atoms with Crippen molar-refractivity contribution < 1.29 is 17.7 Å². The molecule has 10 heteroatoms.